The number of hydrazine groups is 2. The Bertz CT molecular complexity index is 1010. The quantitative estimate of drug-likeness (QED) is 0.868. The molecule has 2 aromatic rings. The van der Waals surface area contributed by atoms with E-state index in [-0.39, 0.29) is 17.9 Å². The number of rotatable bonds is 2. The Labute approximate surface area is 159 Å². The van der Waals surface area contributed by atoms with Gasteiger partial charge in [0.05, 0.1) is 11.4 Å². The lowest BCUT2D eigenvalue weighted by Crippen LogP contribution is -2.43. The predicted octanol–water partition coefficient (Wildman–Crippen LogP) is 2.88. The van der Waals surface area contributed by atoms with Gasteiger partial charge in [-0.2, -0.15) is 15.1 Å². The molecule has 0 fully saturated rings. The van der Waals surface area contributed by atoms with E-state index in [0.717, 1.165) is 11.4 Å². The van der Waals surface area contributed by atoms with E-state index in [9.17, 15) is 4.79 Å². The number of para-hydroxylation sites is 2. The van der Waals surface area contributed by atoms with Crippen LogP contribution in [0.3, 0.4) is 0 Å². The van der Waals surface area contributed by atoms with Crippen LogP contribution in [0, 0.1) is 0 Å². The van der Waals surface area contributed by atoms with E-state index in [1.54, 1.807) is 10.1 Å². The largest absolute Gasteiger partial charge is 0.291 e. The summed E-state index contributed by atoms with van der Waals surface area (Å²) in [4.78, 5) is 18.8. The number of guanidine groups is 3. The minimum atomic E-state index is -0.439. The number of aliphatic imine (C=N–C) groups is 2. The Morgan fingerprint density at radius 2 is 1.43 bits per heavy atom. The molecule has 1 amide bonds. The Balaban J connectivity index is 1.65. The summed E-state index contributed by atoms with van der Waals surface area (Å²) in [6.07, 6.45) is 0. The fourth-order valence-electron chi connectivity index (χ4n) is 2.34. The van der Waals surface area contributed by atoms with Gasteiger partial charge >= 0.3 is 0 Å². The Hall–Kier alpha value is -4.12. The summed E-state index contributed by atoms with van der Waals surface area (Å²) < 4.78 is 0. The maximum absolute atomic E-state index is 11.0. The Morgan fingerprint density at radius 1 is 0.857 bits per heavy atom. The van der Waals surface area contributed by atoms with Crippen LogP contribution in [-0.2, 0) is 4.79 Å². The van der Waals surface area contributed by atoms with Gasteiger partial charge in [-0.15, -0.1) is 31.1 Å². The third kappa shape index (κ3) is 3.83. The predicted molar refractivity (Wildman–Crippen MR) is 104 cm³/mol. The van der Waals surface area contributed by atoms with E-state index in [1.165, 1.54) is 6.92 Å². The Kier molecular flexibility index (Phi) is 4.72. The van der Waals surface area contributed by atoms with Crippen LogP contribution >= 0.6 is 0 Å². The second-order valence-electron chi connectivity index (χ2n) is 5.56. The molecule has 28 heavy (non-hydrogen) atoms. The third-order valence-electron chi connectivity index (χ3n) is 3.51. The molecule has 2 aliphatic rings. The number of anilines is 2. The first-order valence-corrected chi connectivity index (χ1v) is 8.26. The van der Waals surface area contributed by atoms with Crippen LogP contribution in [0.5, 0.6) is 0 Å². The summed E-state index contributed by atoms with van der Waals surface area (Å²) in [6, 6.07) is 19.1. The number of hydrazone groups is 1. The van der Waals surface area contributed by atoms with Crippen molar-refractivity contribution in [3.63, 3.8) is 0 Å². The van der Waals surface area contributed by atoms with Crippen LogP contribution in [0.25, 0.3) is 0 Å². The number of hydrogen-bond donors (Lipinski definition) is 1. The number of carbonyl (C=O) groups is 1. The average Bonchev–Trinajstić information content (AvgIpc) is 3.14. The minimum absolute atomic E-state index is 0.0149. The average molecular weight is 374 g/mol. The summed E-state index contributed by atoms with van der Waals surface area (Å²) in [7, 11) is 0. The summed E-state index contributed by atoms with van der Waals surface area (Å²) in [6.45, 7) is 1.29. The zero-order valence-electron chi connectivity index (χ0n) is 14.7. The minimum Gasteiger partial charge on any atom is -0.273 e. The van der Waals surface area contributed by atoms with Gasteiger partial charge in [0, 0.05) is 6.92 Å². The second kappa shape index (κ2) is 7.63. The highest BCUT2D eigenvalue weighted by Crippen LogP contribution is 2.21. The van der Waals surface area contributed by atoms with Gasteiger partial charge in [-0.1, -0.05) is 36.4 Å². The summed E-state index contributed by atoms with van der Waals surface area (Å²) in [5, 5.41) is 22.8. The van der Waals surface area contributed by atoms with Gasteiger partial charge in [-0.3, -0.25) is 4.79 Å². The van der Waals surface area contributed by atoms with Crippen molar-refractivity contribution in [3.05, 3.63) is 60.7 Å². The highest BCUT2D eigenvalue weighted by molar-refractivity contribution is 6.06. The lowest BCUT2D eigenvalue weighted by Gasteiger charge is -2.20. The molecule has 0 atom stereocenters. The third-order valence-corrected chi connectivity index (χ3v) is 3.51. The number of benzene rings is 2. The molecule has 0 aliphatic carbocycles. The number of hydrogen-bond acceptors (Lipinski definition) is 6. The molecule has 2 aliphatic heterocycles. The van der Waals surface area contributed by atoms with Gasteiger partial charge in [0.1, 0.15) is 0 Å². The zero-order chi connectivity index (χ0) is 19.3. The summed E-state index contributed by atoms with van der Waals surface area (Å²) in [5.74, 6) is -0.288. The summed E-state index contributed by atoms with van der Waals surface area (Å²) >= 11 is 0. The molecule has 0 saturated heterocycles. The van der Waals surface area contributed by atoms with Crippen molar-refractivity contribution in [1.29, 1.82) is 0 Å². The first kappa shape index (κ1) is 17.3. The van der Waals surface area contributed by atoms with Crippen molar-refractivity contribution in [2.75, 3.05) is 10.1 Å². The molecule has 11 nitrogen and oxygen atoms in total. The van der Waals surface area contributed by atoms with E-state index in [4.69, 9.17) is 0 Å². The van der Waals surface area contributed by atoms with E-state index in [1.807, 2.05) is 60.7 Å². The molecular weight excluding hydrogens is 360 g/mol. The first-order chi connectivity index (χ1) is 13.7. The molecule has 0 aromatic heterocycles. The molecule has 0 spiro atoms. The summed E-state index contributed by atoms with van der Waals surface area (Å²) in [5.41, 5.74) is 4.77. The van der Waals surface area contributed by atoms with Crippen LogP contribution in [0.15, 0.2) is 96.2 Å². The molecule has 0 radical (unpaired) electrons. The van der Waals surface area contributed by atoms with E-state index in [0.29, 0.717) is 0 Å². The van der Waals surface area contributed by atoms with Gasteiger partial charge in [0.15, 0.2) is 0 Å². The molecule has 0 saturated carbocycles. The molecular formula is C17H14N10O. The highest BCUT2D eigenvalue weighted by atomic mass is 16.1. The van der Waals surface area contributed by atoms with Crippen LogP contribution in [0.1, 0.15) is 6.92 Å². The van der Waals surface area contributed by atoms with Crippen molar-refractivity contribution in [2.24, 2.45) is 35.5 Å². The van der Waals surface area contributed by atoms with Crippen LogP contribution < -0.4 is 15.7 Å². The van der Waals surface area contributed by atoms with Gasteiger partial charge < -0.3 is 0 Å². The number of azo groups is 2. The number of nitrogens with zero attached hydrogens (tertiary/aromatic N) is 9. The van der Waals surface area contributed by atoms with Crippen LogP contribution in [0.2, 0.25) is 0 Å². The highest BCUT2D eigenvalue weighted by Gasteiger charge is 2.26. The number of amides is 1. The topological polar surface area (TPSA) is 122 Å². The van der Waals surface area contributed by atoms with E-state index >= 15 is 0 Å². The standard InChI is InChI=1S/C17H14N10O/c1-12(28)18-15-20-22-16(23-21-15)19-17-24-27(14-10-6-3-7-11-14)25-26(17)13-8-4-2-5-9-13/h2-11,25H,1H3. The number of nitrogens with one attached hydrogen (secondary N) is 1. The number of carbonyl (C=O) groups excluding carboxylic acids is 1. The fourth-order valence-corrected chi connectivity index (χ4v) is 2.34. The molecule has 1 N–H and O–H groups in total. The van der Waals surface area contributed by atoms with E-state index < -0.39 is 5.91 Å². The molecule has 4 rings (SSSR count). The van der Waals surface area contributed by atoms with Crippen molar-refractivity contribution >= 4 is 35.2 Å². The van der Waals surface area contributed by atoms with Gasteiger partial charge in [-0.25, -0.2) is 5.01 Å². The molecule has 0 bridgehead atoms. The van der Waals surface area contributed by atoms with Crippen molar-refractivity contribution < 1.29 is 4.79 Å². The van der Waals surface area contributed by atoms with Gasteiger partial charge in [0.2, 0.25) is 5.91 Å². The maximum atomic E-state index is 11.0. The molecule has 2 aromatic carbocycles. The lowest BCUT2D eigenvalue weighted by molar-refractivity contribution is -0.115. The normalized spacial score (nSPS) is 15.7. The van der Waals surface area contributed by atoms with Crippen LogP contribution in [-0.4, -0.2) is 23.8 Å². The van der Waals surface area contributed by atoms with Crippen molar-refractivity contribution in [3.8, 4) is 0 Å². The monoisotopic (exact) mass is 374 g/mol. The molecule has 11 heteroatoms. The molecule has 138 valence electrons. The van der Waals surface area contributed by atoms with Crippen LogP contribution in [0.4, 0.5) is 11.4 Å². The second-order valence-corrected chi connectivity index (χ2v) is 5.56. The SMILES string of the molecule is CC(=O)N=C1N=NC(=NC2=NN(c3ccccc3)NN2c2ccccc2)N=N1. The van der Waals surface area contributed by atoms with Crippen molar-refractivity contribution in [2.45, 2.75) is 6.92 Å². The van der Waals surface area contributed by atoms with E-state index in [2.05, 4.69) is 41.1 Å². The maximum Gasteiger partial charge on any atom is 0.291 e. The van der Waals surface area contributed by atoms with Gasteiger partial charge in [0.25, 0.3) is 17.9 Å². The zero-order valence-corrected chi connectivity index (χ0v) is 14.7. The molecule has 0 unspecified atom stereocenters. The lowest BCUT2D eigenvalue weighted by atomic mass is 10.3. The smallest absolute Gasteiger partial charge is 0.273 e. The Morgan fingerprint density at radius 3 is 2.04 bits per heavy atom. The fraction of sp³-hybridized carbons (Fsp3) is 0.0588. The van der Waals surface area contributed by atoms with Crippen molar-refractivity contribution in [1.82, 2.24) is 5.53 Å². The first-order valence-electron chi connectivity index (χ1n) is 8.26. The molecule has 2 heterocycles. The van der Waals surface area contributed by atoms with Gasteiger partial charge in [-0.05, 0) is 24.3 Å².